The average Bonchev–Trinajstić information content (AvgIpc) is 2.75. The molecule has 0 spiro atoms. The SMILES string of the molecule is Cc1ccn2nc(-c3ccc(O)c(O)c3)nc2n1. The third-order valence-electron chi connectivity index (χ3n) is 2.58. The third kappa shape index (κ3) is 1.64. The van der Waals surface area contributed by atoms with Crippen molar-refractivity contribution in [1.29, 1.82) is 0 Å². The molecule has 2 heterocycles. The minimum absolute atomic E-state index is 0.170. The zero-order valence-corrected chi connectivity index (χ0v) is 9.57. The second kappa shape index (κ2) is 3.69. The van der Waals surface area contributed by atoms with E-state index < -0.39 is 0 Å². The molecular formula is C12H10N4O2. The standard InChI is InChI=1S/C12H10N4O2/c1-7-4-5-16-12(13-7)14-11(15-16)8-2-3-9(17)10(18)6-8/h2-6,17-18H,1H3. The third-order valence-corrected chi connectivity index (χ3v) is 2.58. The van der Waals surface area contributed by atoms with Gasteiger partial charge in [-0.1, -0.05) is 0 Å². The van der Waals surface area contributed by atoms with E-state index in [4.69, 9.17) is 0 Å². The van der Waals surface area contributed by atoms with E-state index in [1.165, 1.54) is 12.1 Å². The number of rotatable bonds is 1. The van der Waals surface area contributed by atoms with Crippen LogP contribution in [0.5, 0.6) is 11.5 Å². The van der Waals surface area contributed by atoms with Crippen LogP contribution in [0.15, 0.2) is 30.5 Å². The number of nitrogens with zero attached hydrogens (tertiary/aromatic N) is 4. The van der Waals surface area contributed by atoms with Crippen LogP contribution >= 0.6 is 0 Å². The van der Waals surface area contributed by atoms with E-state index in [0.717, 1.165) is 5.69 Å². The number of hydrogen-bond acceptors (Lipinski definition) is 5. The average molecular weight is 242 g/mol. The first-order valence-electron chi connectivity index (χ1n) is 5.36. The number of aryl methyl sites for hydroxylation is 1. The van der Waals surface area contributed by atoms with Gasteiger partial charge >= 0.3 is 0 Å². The molecule has 0 aliphatic carbocycles. The topological polar surface area (TPSA) is 83.5 Å². The van der Waals surface area contributed by atoms with Crippen LogP contribution < -0.4 is 0 Å². The van der Waals surface area contributed by atoms with Gasteiger partial charge in [0.25, 0.3) is 5.78 Å². The van der Waals surface area contributed by atoms with Gasteiger partial charge < -0.3 is 10.2 Å². The molecule has 0 saturated carbocycles. The number of aromatic nitrogens is 4. The Kier molecular flexibility index (Phi) is 2.16. The molecular weight excluding hydrogens is 232 g/mol. The first-order chi connectivity index (χ1) is 8.63. The zero-order chi connectivity index (χ0) is 12.7. The van der Waals surface area contributed by atoms with Crippen molar-refractivity contribution in [3.8, 4) is 22.9 Å². The van der Waals surface area contributed by atoms with Crippen LogP contribution in [0.25, 0.3) is 17.2 Å². The highest BCUT2D eigenvalue weighted by Gasteiger charge is 2.09. The normalized spacial score (nSPS) is 10.9. The molecule has 0 aliphatic rings. The minimum atomic E-state index is -0.199. The predicted octanol–water partition coefficient (Wildman–Crippen LogP) is 1.51. The minimum Gasteiger partial charge on any atom is -0.504 e. The van der Waals surface area contributed by atoms with Crippen LogP contribution in [0.4, 0.5) is 0 Å². The van der Waals surface area contributed by atoms with E-state index in [1.807, 2.05) is 13.0 Å². The monoisotopic (exact) mass is 242 g/mol. The number of phenolic OH excluding ortho intramolecular Hbond substituents is 2. The Morgan fingerprint density at radius 2 is 1.89 bits per heavy atom. The highest BCUT2D eigenvalue weighted by molar-refractivity contribution is 5.61. The Hall–Kier alpha value is -2.63. The quantitative estimate of drug-likeness (QED) is 0.632. The van der Waals surface area contributed by atoms with Crippen LogP contribution in [-0.4, -0.2) is 29.8 Å². The maximum Gasteiger partial charge on any atom is 0.252 e. The van der Waals surface area contributed by atoms with Crippen molar-refractivity contribution in [1.82, 2.24) is 19.6 Å². The highest BCUT2D eigenvalue weighted by Crippen LogP contribution is 2.28. The fourth-order valence-corrected chi connectivity index (χ4v) is 1.65. The van der Waals surface area contributed by atoms with Gasteiger partial charge in [-0.3, -0.25) is 0 Å². The molecule has 18 heavy (non-hydrogen) atoms. The molecule has 0 atom stereocenters. The second-order valence-electron chi connectivity index (χ2n) is 3.95. The summed E-state index contributed by atoms with van der Waals surface area (Å²) >= 11 is 0. The van der Waals surface area contributed by atoms with Crippen LogP contribution in [0.1, 0.15) is 5.69 Å². The molecule has 0 bridgehead atoms. The van der Waals surface area contributed by atoms with Crippen molar-refractivity contribution < 1.29 is 10.2 Å². The van der Waals surface area contributed by atoms with Gasteiger partial charge in [-0.2, -0.15) is 4.98 Å². The molecule has 3 rings (SSSR count). The zero-order valence-electron chi connectivity index (χ0n) is 9.57. The lowest BCUT2D eigenvalue weighted by atomic mass is 10.2. The first kappa shape index (κ1) is 10.5. The Labute approximate surface area is 102 Å². The van der Waals surface area contributed by atoms with Gasteiger partial charge in [-0.05, 0) is 31.2 Å². The maximum absolute atomic E-state index is 9.45. The Bertz CT molecular complexity index is 736. The summed E-state index contributed by atoms with van der Waals surface area (Å²) in [4.78, 5) is 8.50. The van der Waals surface area contributed by atoms with Crippen LogP contribution in [-0.2, 0) is 0 Å². The molecule has 1 aromatic carbocycles. The number of benzene rings is 1. The van der Waals surface area contributed by atoms with Crippen molar-refractivity contribution in [3.63, 3.8) is 0 Å². The van der Waals surface area contributed by atoms with Crippen LogP contribution in [0.3, 0.4) is 0 Å². The van der Waals surface area contributed by atoms with Gasteiger partial charge in [0.2, 0.25) is 0 Å². The van der Waals surface area contributed by atoms with Crippen molar-refractivity contribution in [2.45, 2.75) is 6.92 Å². The molecule has 2 N–H and O–H groups in total. The van der Waals surface area contributed by atoms with E-state index in [-0.39, 0.29) is 11.5 Å². The Morgan fingerprint density at radius 3 is 2.67 bits per heavy atom. The Balaban J connectivity index is 2.16. The van der Waals surface area contributed by atoms with Crippen molar-refractivity contribution in [2.24, 2.45) is 0 Å². The van der Waals surface area contributed by atoms with Crippen molar-refractivity contribution in [2.75, 3.05) is 0 Å². The van der Waals surface area contributed by atoms with Crippen LogP contribution in [0.2, 0.25) is 0 Å². The molecule has 0 unspecified atom stereocenters. The van der Waals surface area contributed by atoms with Gasteiger partial charge in [-0.15, -0.1) is 5.10 Å². The molecule has 0 radical (unpaired) electrons. The van der Waals surface area contributed by atoms with E-state index >= 15 is 0 Å². The molecule has 0 fully saturated rings. The van der Waals surface area contributed by atoms with E-state index in [2.05, 4.69) is 15.1 Å². The summed E-state index contributed by atoms with van der Waals surface area (Å²) in [6, 6.07) is 6.28. The van der Waals surface area contributed by atoms with E-state index in [9.17, 15) is 10.2 Å². The molecule has 0 saturated heterocycles. The Morgan fingerprint density at radius 1 is 1.06 bits per heavy atom. The molecule has 6 heteroatoms. The van der Waals surface area contributed by atoms with Gasteiger partial charge in [0.15, 0.2) is 17.3 Å². The fourth-order valence-electron chi connectivity index (χ4n) is 1.65. The maximum atomic E-state index is 9.45. The molecule has 2 aromatic heterocycles. The number of hydrogen-bond donors (Lipinski definition) is 2. The lowest BCUT2D eigenvalue weighted by Gasteiger charge is -1.98. The second-order valence-corrected chi connectivity index (χ2v) is 3.95. The summed E-state index contributed by atoms with van der Waals surface area (Å²) in [6.07, 6.45) is 1.77. The molecule has 3 aromatic rings. The highest BCUT2D eigenvalue weighted by atomic mass is 16.3. The predicted molar refractivity (Wildman–Crippen MR) is 64.3 cm³/mol. The van der Waals surface area contributed by atoms with Gasteiger partial charge in [0.1, 0.15) is 0 Å². The fraction of sp³-hybridized carbons (Fsp3) is 0.0833. The van der Waals surface area contributed by atoms with Gasteiger partial charge in [-0.25, -0.2) is 9.50 Å². The summed E-state index contributed by atoms with van der Waals surface area (Å²) in [6.45, 7) is 1.88. The van der Waals surface area contributed by atoms with Crippen molar-refractivity contribution >= 4 is 5.78 Å². The van der Waals surface area contributed by atoms with Gasteiger partial charge in [0.05, 0.1) is 0 Å². The van der Waals surface area contributed by atoms with Gasteiger partial charge in [0, 0.05) is 17.5 Å². The summed E-state index contributed by atoms with van der Waals surface area (Å²) in [5.74, 6) is 0.577. The lowest BCUT2D eigenvalue weighted by Crippen LogP contribution is -1.90. The molecule has 0 amide bonds. The summed E-state index contributed by atoms with van der Waals surface area (Å²) in [5, 5.41) is 23.0. The molecule has 90 valence electrons. The van der Waals surface area contributed by atoms with E-state index in [0.29, 0.717) is 17.2 Å². The summed E-state index contributed by atoms with van der Waals surface area (Å²) in [5.41, 5.74) is 1.48. The van der Waals surface area contributed by atoms with Crippen LogP contribution in [0, 0.1) is 6.92 Å². The summed E-state index contributed by atoms with van der Waals surface area (Å²) < 4.78 is 1.56. The van der Waals surface area contributed by atoms with E-state index in [1.54, 1.807) is 16.8 Å². The number of aromatic hydroxyl groups is 2. The molecule has 0 aliphatic heterocycles. The first-order valence-corrected chi connectivity index (χ1v) is 5.36. The number of fused-ring (bicyclic) bond motifs is 1. The smallest absolute Gasteiger partial charge is 0.252 e. The molecule has 6 nitrogen and oxygen atoms in total. The van der Waals surface area contributed by atoms with Crippen molar-refractivity contribution in [3.05, 3.63) is 36.2 Å². The summed E-state index contributed by atoms with van der Waals surface area (Å²) in [7, 11) is 0. The number of phenols is 2. The lowest BCUT2D eigenvalue weighted by molar-refractivity contribution is 0.404. The largest absolute Gasteiger partial charge is 0.504 e.